The highest BCUT2D eigenvalue weighted by atomic mass is 32.1. The van der Waals surface area contributed by atoms with Crippen molar-refractivity contribution in [2.24, 2.45) is 0 Å². The van der Waals surface area contributed by atoms with E-state index < -0.39 is 0 Å². The Morgan fingerprint density at radius 2 is 2.41 bits per heavy atom. The summed E-state index contributed by atoms with van der Waals surface area (Å²) in [6.45, 7) is 2.19. The lowest BCUT2D eigenvalue weighted by molar-refractivity contribution is 0.444. The quantitative estimate of drug-likeness (QED) is 0.881. The summed E-state index contributed by atoms with van der Waals surface area (Å²) in [6, 6.07) is 2.60. The second-order valence-corrected chi connectivity index (χ2v) is 5.36. The predicted molar refractivity (Wildman–Crippen MR) is 71.7 cm³/mol. The zero-order valence-corrected chi connectivity index (χ0v) is 10.7. The lowest BCUT2D eigenvalue weighted by Gasteiger charge is -2.32. The minimum atomic E-state index is 0.545. The van der Waals surface area contributed by atoms with Crippen molar-refractivity contribution in [3.05, 3.63) is 17.8 Å². The predicted octanol–water partition coefficient (Wildman–Crippen LogP) is 1.88. The summed E-state index contributed by atoms with van der Waals surface area (Å²) in [7, 11) is 2.14. The molecule has 1 aliphatic heterocycles. The zero-order chi connectivity index (χ0) is 11.7. The van der Waals surface area contributed by atoms with Gasteiger partial charge in [0.2, 0.25) is 0 Å². The van der Waals surface area contributed by atoms with Crippen molar-refractivity contribution in [3.63, 3.8) is 0 Å². The number of thiophene rings is 1. The highest BCUT2D eigenvalue weighted by Gasteiger charge is 2.20. The second-order valence-electron chi connectivity index (χ2n) is 4.44. The first-order valence-electron chi connectivity index (χ1n) is 5.98. The molecule has 1 saturated heterocycles. The van der Waals surface area contributed by atoms with Crippen LogP contribution in [-0.4, -0.2) is 36.1 Å². The van der Waals surface area contributed by atoms with Crippen LogP contribution in [0, 0.1) is 0 Å². The van der Waals surface area contributed by atoms with Crippen molar-refractivity contribution in [1.29, 1.82) is 0 Å². The highest BCUT2D eigenvalue weighted by Crippen LogP contribution is 2.29. The SMILES string of the molecule is CN(c1ncnc2ccsc12)C1CCCNC1. The van der Waals surface area contributed by atoms with Crippen LogP contribution in [0.3, 0.4) is 0 Å². The Balaban J connectivity index is 1.94. The Kier molecular flexibility index (Phi) is 2.94. The maximum absolute atomic E-state index is 4.45. The summed E-state index contributed by atoms with van der Waals surface area (Å²) >= 11 is 1.72. The van der Waals surface area contributed by atoms with Crippen molar-refractivity contribution in [3.8, 4) is 0 Å². The molecular weight excluding hydrogens is 232 g/mol. The van der Waals surface area contributed by atoms with Gasteiger partial charge < -0.3 is 10.2 Å². The molecule has 4 nitrogen and oxygen atoms in total. The van der Waals surface area contributed by atoms with Gasteiger partial charge in [-0.1, -0.05) is 0 Å². The number of hydrogen-bond acceptors (Lipinski definition) is 5. The van der Waals surface area contributed by atoms with Gasteiger partial charge in [-0.15, -0.1) is 11.3 Å². The molecule has 3 rings (SSSR count). The molecule has 1 fully saturated rings. The highest BCUT2D eigenvalue weighted by molar-refractivity contribution is 7.17. The first-order valence-corrected chi connectivity index (χ1v) is 6.86. The fourth-order valence-electron chi connectivity index (χ4n) is 2.36. The Morgan fingerprint density at radius 1 is 1.47 bits per heavy atom. The Morgan fingerprint density at radius 3 is 3.24 bits per heavy atom. The Hall–Kier alpha value is -1.20. The molecule has 0 amide bonds. The van der Waals surface area contributed by atoms with E-state index in [4.69, 9.17) is 0 Å². The second kappa shape index (κ2) is 4.58. The lowest BCUT2D eigenvalue weighted by Crippen LogP contribution is -2.44. The van der Waals surface area contributed by atoms with E-state index in [0.717, 1.165) is 24.4 Å². The molecule has 1 aliphatic rings. The molecule has 2 aromatic heterocycles. The van der Waals surface area contributed by atoms with Crippen molar-refractivity contribution >= 4 is 27.4 Å². The number of aromatic nitrogens is 2. The van der Waals surface area contributed by atoms with E-state index in [1.165, 1.54) is 17.5 Å². The molecule has 5 heteroatoms. The zero-order valence-electron chi connectivity index (χ0n) is 9.89. The molecule has 2 aromatic rings. The van der Waals surface area contributed by atoms with Gasteiger partial charge in [-0.3, -0.25) is 0 Å². The summed E-state index contributed by atoms with van der Waals surface area (Å²) in [5.74, 6) is 1.07. The molecule has 0 aromatic carbocycles. The first kappa shape index (κ1) is 10.9. The molecule has 0 spiro atoms. The van der Waals surface area contributed by atoms with Gasteiger partial charge >= 0.3 is 0 Å². The van der Waals surface area contributed by atoms with E-state index in [-0.39, 0.29) is 0 Å². The first-order chi connectivity index (χ1) is 8.36. The van der Waals surface area contributed by atoms with E-state index in [9.17, 15) is 0 Å². The fraction of sp³-hybridized carbons (Fsp3) is 0.500. The van der Waals surface area contributed by atoms with Gasteiger partial charge in [0.1, 0.15) is 12.1 Å². The average molecular weight is 248 g/mol. The molecule has 0 radical (unpaired) electrons. The van der Waals surface area contributed by atoms with Gasteiger partial charge in [0, 0.05) is 19.6 Å². The number of hydrogen-bond donors (Lipinski definition) is 1. The van der Waals surface area contributed by atoms with Gasteiger partial charge in [-0.2, -0.15) is 0 Å². The van der Waals surface area contributed by atoms with Crippen LogP contribution >= 0.6 is 11.3 Å². The Bertz CT molecular complexity index is 504. The smallest absolute Gasteiger partial charge is 0.150 e. The van der Waals surface area contributed by atoms with Crippen LogP contribution in [0.1, 0.15) is 12.8 Å². The number of fused-ring (bicyclic) bond motifs is 1. The molecule has 90 valence electrons. The fourth-order valence-corrected chi connectivity index (χ4v) is 3.24. The molecule has 17 heavy (non-hydrogen) atoms. The number of rotatable bonds is 2. The number of likely N-dealkylation sites (N-methyl/N-ethyl adjacent to an activating group) is 1. The van der Waals surface area contributed by atoms with Crippen LogP contribution in [-0.2, 0) is 0 Å². The van der Waals surface area contributed by atoms with Gasteiger partial charge in [0.15, 0.2) is 0 Å². The molecule has 1 unspecified atom stereocenters. The molecule has 0 aliphatic carbocycles. The van der Waals surface area contributed by atoms with Crippen LogP contribution < -0.4 is 10.2 Å². The number of anilines is 1. The topological polar surface area (TPSA) is 41.1 Å². The van der Waals surface area contributed by atoms with Gasteiger partial charge in [0.05, 0.1) is 10.2 Å². The van der Waals surface area contributed by atoms with E-state index >= 15 is 0 Å². The maximum atomic E-state index is 4.45. The minimum absolute atomic E-state index is 0.545. The standard InChI is InChI=1S/C12H16N4S/c1-16(9-3-2-5-13-7-9)12-11-10(4-6-17-11)14-8-15-12/h4,6,8-9,13H,2-3,5,7H2,1H3. The molecule has 0 bridgehead atoms. The number of nitrogens with zero attached hydrogens (tertiary/aromatic N) is 3. The van der Waals surface area contributed by atoms with Crippen molar-refractivity contribution in [2.45, 2.75) is 18.9 Å². The molecule has 3 heterocycles. The molecular formula is C12H16N4S. The third-order valence-corrected chi connectivity index (χ3v) is 4.28. The summed E-state index contributed by atoms with van der Waals surface area (Å²) in [5, 5.41) is 5.52. The van der Waals surface area contributed by atoms with E-state index in [1.807, 2.05) is 0 Å². The Labute approximate surface area is 105 Å². The van der Waals surface area contributed by atoms with Gasteiger partial charge in [-0.25, -0.2) is 9.97 Å². The van der Waals surface area contributed by atoms with Crippen LogP contribution in [0.5, 0.6) is 0 Å². The van der Waals surface area contributed by atoms with Crippen molar-refractivity contribution < 1.29 is 0 Å². The minimum Gasteiger partial charge on any atom is -0.354 e. The van der Waals surface area contributed by atoms with Crippen LogP contribution in [0.2, 0.25) is 0 Å². The summed E-state index contributed by atoms with van der Waals surface area (Å²) in [6.07, 6.45) is 4.14. The monoisotopic (exact) mass is 248 g/mol. The van der Waals surface area contributed by atoms with Crippen molar-refractivity contribution in [2.75, 3.05) is 25.0 Å². The van der Waals surface area contributed by atoms with Gasteiger partial charge in [-0.05, 0) is 30.8 Å². The normalized spacial score (nSPS) is 20.6. The summed E-state index contributed by atoms with van der Waals surface area (Å²) in [4.78, 5) is 11.0. The van der Waals surface area contributed by atoms with Crippen LogP contribution in [0.25, 0.3) is 10.2 Å². The largest absolute Gasteiger partial charge is 0.354 e. The molecule has 1 atom stereocenters. The molecule has 0 saturated carbocycles. The lowest BCUT2D eigenvalue weighted by atomic mass is 10.1. The summed E-state index contributed by atoms with van der Waals surface area (Å²) in [5.41, 5.74) is 1.05. The average Bonchev–Trinajstić information content (AvgIpc) is 2.87. The van der Waals surface area contributed by atoms with E-state index in [0.29, 0.717) is 6.04 Å². The van der Waals surface area contributed by atoms with Crippen molar-refractivity contribution in [1.82, 2.24) is 15.3 Å². The third kappa shape index (κ3) is 2.00. The molecule has 1 N–H and O–H groups in total. The maximum Gasteiger partial charge on any atom is 0.150 e. The van der Waals surface area contributed by atoms with E-state index in [2.05, 4.69) is 38.7 Å². The van der Waals surface area contributed by atoms with E-state index in [1.54, 1.807) is 17.7 Å². The number of nitrogens with one attached hydrogen (secondary N) is 1. The third-order valence-electron chi connectivity index (χ3n) is 3.38. The summed E-state index contributed by atoms with van der Waals surface area (Å²) < 4.78 is 1.19. The van der Waals surface area contributed by atoms with Crippen LogP contribution in [0.15, 0.2) is 17.8 Å². The van der Waals surface area contributed by atoms with Gasteiger partial charge in [0.25, 0.3) is 0 Å². The van der Waals surface area contributed by atoms with Crippen LogP contribution in [0.4, 0.5) is 5.82 Å². The number of piperidine rings is 1.